The first kappa shape index (κ1) is 19.9. The number of carbonyl (C=O) groups is 1. The summed E-state index contributed by atoms with van der Waals surface area (Å²) in [6.45, 7) is 4.14. The molecule has 7 heteroatoms. The summed E-state index contributed by atoms with van der Waals surface area (Å²) in [6, 6.07) is 4.61. The van der Waals surface area contributed by atoms with Gasteiger partial charge in [-0.25, -0.2) is 4.79 Å². The van der Waals surface area contributed by atoms with E-state index in [0.29, 0.717) is 51.0 Å². The predicted octanol–water partition coefficient (Wildman–Crippen LogP) is 2.98. The first-order valence-electron chi connectivity index (χ1n) is 9.00. The van der Waals surface area contributed by atoms with Crippen LogP contribution < -0.4 is 10.2 Å². The van der Waals surface area contributed by atoms with Gasteiger partial charge in [0.05, 0.1) is 42.2 Å². The molecular weight excluding hydrogens is 382 g/mol. The standard InChI is InChI=1S/C21H20ClNO5/c1-4-27-17(26)10-15-21(28-5-2)19-13(11-24)8-12-9-14(22)6-7-16(25)18(12)20(19)23(15)3/h6-7,9H,4-5,8,10H2,1-3H3. The number of nitrogens with zero attached hydrogens (tertiary/aromatic N) is 1. The fourth-order valence-electron chi connectivity index (χ4n) is 3.58. The molecule has 2 aromatic rings. The lowest BCUT2D eigenvalue weighted by atomic mass is 9.87. The molecule has 1 aliphatic carbocycles. The summed E-state index contributed by atoms with van der Waals surface area (Å²) in [6.07, 6.45) is 0.167. The summed E-state index contributed by atoms with van der Waals surface area (Å²) < 4.78 is 12.6. The zero-order valence-electron chi connectivity index (χ0n) is 15.9. The molecule has 146 valence electrons. The molecule has 6 nitrogen and oxygen atoms in total. The number of allylic oxidation sites excluding steroid dienone is 1. The van der Waals surface area contributed by atoms with Crippen molar-refractivity contribution < 1.29 is 19.1 Å². The largest absolute Gasteiger partial charge is 0.491 e. The maximum atomic E-state index is 12.8. The minimum Gasteiger partial charge on any atom is -0.491 e. The number of aromatic nitrogens is 1. The van der Waals surface area contributed by atoms with Gasteiger partial charge in [0, 0.05) is 24.1 Å². The van der Waals surface area contributed by atoms with Gasteiger partial charge in [-0.1, -0.05) is 11.6 Å². The van der Waals surface area contributed by atoms with Gasteiger partial charge >= 0.3 is 5.97 Å². The van der Waals surface area contributed by atoms with Crippen LogP contribution >= 0.6 is 11.6 Å². The van der Waals surface area contributed by atoms with Crippen LogP contribution in [0, 0.1) is 0 Å². The van der Waals surface area contributed by atoms with Crippen molar-refractivity contribution in [2.75, 3.05) is 13.2 Å². The Kier molecular flexibility index (Phi) is 5.73. The van der Waals surface area contributed by atoms with Crippen molar-refractivity contribution in [2.45, 2.75) is 26.7 Å². The Morgan fingerprint density at radius 1 is 1.25 bits per heavy atom. The minimum atomic E-state index is -0.415. The van der Waals surface area contributed by atoms with Gasteiger partial charge in [-0.05, 0) is 37.6 Å². The normalized spacial score (nSPS) is 12.1. The maximum absolute atomic E-state index is 12.8. The second-order valence-electron chi connectivity index (χ2n) is 6.36. The first-order valence-corrected chi connectivity index (χ1v) is 9.38. The Bertz CT molecular complexity index is 1060. The third-order valence-electron chi connectivity index (χ3n) is 4.67. The van der Waals surface area contributed by atoms with Crippen molar-refractivity contribution in [2.24, 2.45) is 7.05 Å². The number of ether oxygens (including phenoxy) is 2. The number of halogens is 1. The van der Waals surface area contributed by atoms with E-state index in [9.17, 15) is 14.4 Å². The molecule has 0 unspecified atom stereocenters. The highest BCUT2D eigenvalue weighted by molar-refractivity contribution is 6.30. The van der Waals surface area contributed by atoms with E-state index in [1.165, 1.54) is 12.1 Å². The highest BCUT2D eigenvalue weighted by Crippen LogP contribution is 2.45. The fourth-order valence-corrected chi connectivity index (χ4v) is 3.78. The van der Waals surface area contributed by atoms with Crippen molar-refractivity contribution >= 4 is 29.1 Å². The molecule has 0 saturated heterocycles. The summed E-state index contributed by atoms with van der Waals surface area (Å²) in [7, 11) is 1.74. The molecule has 0 atom stereocenters. The van der Waals surface area contributed by atoms with Crippen LogP contribution in [0.1, 0.15) is 30.7 Å². The molecule has 1 aromatic heterocycles. The quantitative estimate of drug-likeness (QED) is 0.568. The highest BCUT2D eigenvalue weighted by atomic mass is 35.5. The van der Waals surface area contributed by atoms with Gasteiger partial charge in [0.15, 0.2) is 5.43 Å². The van der Waals surface area contributed by atoms with Crippen molar-refractivity contribution in [3.05, 3.63) is 50.3 Å². The lowest BCUT2D eigenvalue weighted by Crippen LogP contribution is -2.14. The Balaban J connectivity index is 2.38. The number of fused-ring (bicyclic) bond motifs is 3. The molecule has 3 rings (SSSR count). The van der Waals surface area contributed by atoms with E-state index in [4.69, 9.17) is 21.1 Å². The van der Waals surface area contributed by atoms with Crippen LogP contribution in [0.2, 0.25) is 5.02 Å². The van der Waals surface area contributed by atoms with Gasteiger partial charge in [0.25, 0.3) is 0 Å². The summed E-state index contributed by atoms with van der Waals surface area (Å²) >= 11 is 6.14. The van der Waals surface area contributed by atoms with E-state index >= 15 is 0 Å². The third-order valence-corrected chi connectivity index (χ3v) is 4.91. The Morgan fingerprint density at radius 3 is 2.64 bits per heavy atom. The smallest absolute Gasteiger partial charge is 0.311 e. The summed E-state index contributed by atoms with van der Waals surface area (Å²) in [5.41, 5.74) is 2.79. The molecule has 28 heavy (non-hydrogen) atoms. The Labute approximate surface area is 167 Å². The lowest BCUT2D eigenvalue weighted by molar-refractivity contribution is -0.142. The van der Waals surface area contributed by atoms with Crippen LogP contribution in [0.5, 0.6) is 5.75 Å². The first-order chi connectivity index (χ1) is 13.4. The summed E-state index contributed by atoms with van der Waals surface area (Å²) in [5.74, 6) is 1.98. The molecule has 0 saturated carbocycles. The molecular formula is C21H20ClNO5. The Hall–Kier alpha value is -2.82. The highest BCUT2D eigenvalue weighted by Gasteiger charge is 2.33. The number of carbonyl (C=O) groups excluding carboxylic acids is 2. The molecule has 1 aliphatic rings. The van der Waals surface area contributed by atoms with E-state index in [2.05, 4.69) is 0 Å². The minimum absolute atomic E-state index is 0.0396. The van der Waals surface area contributed by atoms with Crippen molar-refractivity contribution in [3.63, 3.8) is 0 Å². The summed E-state index contributed by atoms with van der Waals surface area (Å²) in [4.78, 5) is 36.7. The molecule has 0 amide bonds. The number of esters is 1. The van der Waals surface area contributed by atoms with Gasteiger partial charge in [-0.3, -0.25) is 9.59 Å². The number of hydrogen-bond acceptors (Lipinski definition) is 5. The van der Waals surface area contributed by atoms with E-state index in [1.54, 1.807) is 24.6 Å². The molecule has 0 spiro atoms. The molecule has 0 fully saturated rings. The van der Waals surface area contributed by atoms with Crippen LogP contribution in [0.3, 0.4) is 0 Å². The van der Waals surface area contributed by atoms with E-state index in [0.717, 1.165) is 0 Å². The number of rotatable bonds is 5. The van der Waals surface area contributed by atoms with Crippen molar-refractivity contribution in [1.29, 1.82) is 0 Å². The van der Waals surface area contributed by atoms with E-state index in [-0.39, 0.29) is 24.9 Å². The molecule has 1 aromatic carbocycles. The number of hydrogen-bond donors (Lipinski definition) is 0. The topological polar surface area (TPSA) is 74.6 Å². The molecule has 0 aliphatic heterocycles. The maximum Gasteiger partial charge on any atom is 0.311 e. The van der Waals surface area contributed by atoms with Crippen molar-refractivity contribution in [3.8, 4) is 17.0 Å². The SMILES string of the molecule is CCOC(=O)Cc1c(OCC)c2c(n1C)-c1c(cc(Cl)ccc1=O)CC2=C=O. The predicted molar refractivity (Wildman–Crippen MR) is 106 cm³/mol. The van der Waals surface area contributed by atoms with Crippen LogP contribution in [0.15, 0.2) is 23.0 Å². The van der Waals surface area contributed by atoms with Gasteiger partial charge in [0.2, 0.25) is 0 Å². The van der Waals surface area contributed by atoms with Gasteiger partial charge in [-0.2, -0.15) is 0 Å². The van der Waals surface area contributed by atoms with Crippen LogP contribution in [-0.2, 0) is 34.2 Å². The zero-order valence-corrected chi connectivity index (χ0v) is 16.7. The van der Waals surface area contributed by atoms with Gasteiger partial charge in [-0.15, -0.1) is 0 Å². The summed E-state index contributed by atoms with van der Waals surface area (Å²) in [5, 5.41) is 0.401. The average Bonchev–Trinajstić information content (AvgIpc) is 2.82. The van der Waals surface area contributed by atoms with Crippen LogP contribution in [0.4, 0.5) is 0 Å². The lowest BCUT2D eigenvalue weighted by Gasteiger charge is -2.17. The van der Waals surface area contributed by atoms with Gasteiger partial charge < -0.3 is 14.0 Å². The second-order valence-corrected chi connectivity index (χ2v) is 6.79. The zero-order chi connectivity index (χ0) is 20.4. The van der Waals surface area contributed by atoms with E-state index < -0.39 is 5.97 Å². The Morgan fingerprint density at radius 2 is 2.00 bits per heavy atom. The third kappa shape index (κ3) is 3.37. The average molecular weight is 402 g/mol. The molecule has 0 radical (unpaired) electrons. The van der Waals surface area contributed by atoms with E-state index in [1.807, 2.05) is 12.9 Å². The van der Waals surface area contributed by atoms with Gasteiger partial charge in [0.1, 0.15) is 11.7 Å². The monoisotopic (exact) mass is 401 g/mol. The molecule has 1 heterocycles. The molecule has 0 N–H and O–H groups in total. The van der Waals surface area contributed by atoms with Crippen LogP contribution in [0.25, 0.3) is 16.8 Å². The van der Waals surface area contributed by atoms with Crippen molar-refractivity contribution in [1.82, 2.24) is 4.57 Å². The second kappa shape index (κ2) is 8.05. The fraction of sp³-hybridized carbons (Fsp3) is 0.333. The van der Waals surface area contributed by atoms with Crippen LogP contribution in [-0.4, -0.2) is 29.7 Å². The molecule has 0 bridgehead atoms.